The van der Waals surface area contributed by atoms with Gasteiger partial charge >= 0.3 is 6.03 Å². The molecule has 29 heavy (non-hydrogen) atoms. The third kappa shape index (κ3) is 6.05. The zero-order chi connectivity index (χ0) is 20.6. The maximum Gasteiger partial charge on any atom is 0.319 e. The van der Waals surface area contributed by atoms with Crippen molar-refractivity contribution < 1.29 is 9.53 Å². The van der Waals surface area contributed by atoms with Gasteiger partial charge in [0.15, 0.2) is 0 Å². The molecule has 0 bridgehead atoms. The number of carbonyl (C=O) groups is 1. The van der Waals surface area contributed by atoms with Crippen LogP contribution in [0.15, 0.2) is 42.0 Å². The Bertz CT molecular complexity index is 926. The fraction of sp³-hybridized carbons (Fsp3) is 0.381. The van der Waals surface area contributed by atoms with Crippen LogP contribution in [0.2, 0.25) is 0 Å². The molecule has 3 aromatic rings. The average Bonchev–Trinajstić information content (AvgIpc) is 3.18. The van der Waals surface area contributed by atoms with Gasteiger partial charge in [0.2, 0.25) is 0 Å². The lowest BCUT2D eigenvalue weighted by Crippen LogP contribution is -2.38. The number of carbonyl (C=O) groups excluding carboxylic acids is 1. The third-order valence-corrected chi connectivity index (χ3v) is 5.25. The molecule has 8 heteroatoms. The highest BCUT2D eigenvalue weighted by Gasteiger charge is 2.11. The number of nitrogens with zero attached hydrogens (tertiary/aromatic N) is 2. The molecule has 1 aromatic carbocycles. The molecule has 3 rings (SSSR count). The number of rotatable bonds is 9. The summed E-state index contributed by atoms with van der Waals surface area (Å²) in [5.41, 5.74) is 1.68. The Morgan fingerprint density at radius 2 is 1.97 bits per heavy atom. The van der Waals surface area contributed by atoms with Crippen molar-refractivity contribution in [1.29, 1.82) is 0 Å². The molecule has 0 aliphatic heterocycles. The van der Waals surface area contributed by atoms with Crippen LogP contribution in [0.3, 0.4) is 0 Å². The van der Waals surface area contributed by atoms with Crippen LogP contribution in [-0.4, -0.2) is 34.7 Å². The van der Waals surface area contributed by atoms with Crippen LogP contribution in [0.4, 0.5) is 16.3 Å². The largest absolute Gasteiger partial charge is 0.491 e. The first-order valence-corrected chi connectivity index (χ1v) is 10.7. The summed E-state index contributed by atoms with van der Waals surface area (Å²) >= 11 is 1.62. The topological polar surface area (TPSA) is 88.2 Å². The fourth-order valence-corrected chi connectivity index (χ4v) is 3.71. The molecular weight excluding hydrogens is 386 g/mol. The minimum absolute atomic E-state index is 0.0618. The number of hydrogen-bond acceptors (Lipinski definition) is 6. The van der Waals surface area contributed by atoms with E-state index in [0.717, 1.165) is 40.3 Å². The van der Waals surface area contributed by atoms with E-state index in [4.69, 9.17) is 4.74 Å². The highest BCUT2D eigenvalue weighted by molar-refractivity contribution is 7.17. The highest BCUT2D eigenvalue weighted by Crippen LogP contribution is 2.24. The summed E-state index contributed by atoms with van der Waals surface area (Å²) in [6, 6.07) is 9.20. The van der Waals surface area contributed by atoms with Gasteiger partial charge in [-0.25, -0.2) is 14.8 Å². The van der Waals surface area contributed by atoms with Crippen molar-refractivity contribution in [2.45, 2.75) is 45.8 Å². The molecule has 0 aliphatic rings. The summed E-state index contributed by atoms with van der Waals surface area (Å²) in [6.45, 7) is 6.73. The maximum absolute atomic E-state index is 12.3. The molecule has 0 saturated carbocycles. The molecule has 2 heterocycles. The first-order chi connectivity index (χ1) is 14.0. The highest BCUT2D eigenvalue weighted by atomic mass is 32.1. The van der Waals surface area contributed by atoms with Crippen LogP contribution in [-0.2, 0) is 0 Å². The number of thiophene rings is 1. The Balaban J connectivity index is 1.46. The van der Waals surface area contributed by atoms with E-state index in [1.807, 2.05) is 49.6 Å². The molecule has 2 aromatic heterocycles. The summed E-state index contributed by atoms with van der Waals surface area (Å²) < 4.78 is 6.67. The van der Waals surface area contributed by atoms with Crippen molar-refractivity contribution >= 4 is 39.1 Å². The molecule has 0 aliphatic carbocycles. The molecule has 2 amide bonds. The van der Waals surface area contributed by atoms with E-state index in [0.29, 0.717) is 6.54 Å². The lowest BCUT2D eigenvalue weighted by atomic mass is 10.1. The van der Waals surface area contributed by atoms with Crippen LogP contribution < -0.4 is 20.7 Å². The molecule has 0 saturated heterocycles. The molecule has 7 nitrogen and oxygen atoms in total. The van der Waals surface area contributed by atoms with Crippen LogP contribution >= 0.6 is 11.3 Å². The monoisotopic (exact) mass is 413 g/mol. The van der Waals surface area contributed by atoms with Gasteiger partial charge in [0, 0.05) is 18.3 Å². The number of aromatic nitrogens is 2. The number of ether oxygens (including phenoxy) is 1. The second-order valence-electron chi connectivity index (χ2n) is 6.97. The number of benzene rings is 1. The number of urea groups is 1. The standard InChI is InChI=1S/C21H27N5O2S/c1-4-15(9-11-22-20-19-18(10-12-29-19)23-13-24-20)25-21(27)26-16-5-7-17(8-6-16)28-14(2)3/h5-8,10,12-15H,4,9,11H2,1-3H3,(H,22,23,24)(H2,25,26,27). The number of amides is 2. The summed E-state index contributed by atoms with van der Waals surface area (Å²) in [4.78, 5) is 20.9. The second kappa shape index (κ2) is 10.1. The summed E-state index contributed by atoms with van der Waals surface area (Å²) in [5, 5.41) is 11.3. The van der Waals surface area contributed by atoms with Crippen molar-refractivity contribution in [3.8, 4) is 5.75 Å². The van der Waals surface area contributed by atoms with E-state index in [1.54, 1.807) is 17.7 Å². The Labute approximate surface area is 174 Å². The fourth-order valence-electron chi connectivity index (χ4n) is 2.90. The van der Waals surface area contributed by atoms with Crippen molar-refractivity contribution in [3.63, 3.8) is 0 Å². The minimum Gasteiger partial charge on any atom is -0.491 e. The molecular formula is C21H27N5O2S. The summed E-state index contributed by atoms with van der Waals surface area (Å²) in [7, 11) is 0. The molecule has 0 radical (unpaired) electrons. The van der Waals surface area contributed by atoms with Gasteiger partial charge < -0.3 is 20.7 Å². The van der Waals surface area contributed by atoms with Crippen molar-refractivity contribution in [2.75, 3.05) is 17.2 Å². The van der Waals surface area contributed by atoms with Crippen LogP contribution in [0.25, 0.3) is 10.2 Å². The van der Waals surface area contributed by atoms with Crippen molar-refractivity contribution in [2.24, 2.45) is 0 Å². The lowest BCUT2D eigenvalue weighted by Gasteiger charge is -2.18. The molecule has 154 valence electrons. The van der Waals surface area contributed by atoms with E-state index < -0.39 is 0 Å². The maximum atomic E-state index is 12.3. The van der Waals surface area contributed by atoms with Gasteiger partial charge in [0.05, 0.1) is 16.3 Å². The zero-order valence-electron chi connectivity index (χ0n) is 16.9. The lowest BCUT2D eigenvalue weighted by molar-refractivity contribution is 0.242. The van der Waals surface area contributed by atoms with Crippen molar-refractivity contribution in [1.82, 2.24) is 15.3 Å². The Morgan fingerprint density at radius 1 is 1.17 bits per heavy atom. The van der Waals surface area contributed by atoms with Gasteiger partial charge in [-0.3, -0.25) is 0 Å². The number of hydrogen-bond donors (Lipinski definition) is 3. The zero-order valence-corrected chi connectivity index (χ0v) is 17.8. The summed E-state index contributed by atoms with van der Waals surface area (Å²) in [5.74, 6) is 1.63. The van der Waals surface area contributed by atoms with Gasteiger partial charge in [-0.1, -0.05) is 6.92 Å². The predicted octanol–water partition coefficient (Wildman–Crippen LogP) is 4.88. The van der Waals surface area contributed by atoms with Gasteiger partial charge in [-0.15, -0.1) is 11.3 Å². The molecule has 0 spiro atoms. The van der Waals surface area contributed by atoms with Crippen molar-refractivity contribution in [3.05, 3.63) is 42.0 Å². The van der Waals surface area contributed by atoms with Gasteiger partial charge in [-0.2, -0.15) is 0 Å². The Hall–Kier alpha value is -2.87. The van der Waals surface area contributed by atoms with E-state index in [-0.39, 0.29) is 18.2 Å². The quantitative estimate of drug-likeness (QED) is 0.465. The predicted molar refractivity (Wildman–Crippen MR) is 119 cm³/mol. The van der Waals surface area contributed by atoms with Crippen LogP contribution in [0.1, 0.15) is 33.6 Å². The van der Waals surface area contributed by atoms with Crippen LogP contribution in [0.5, 0.6) is 5.75 Å². The van der Waals surface area contributed by atoms with Crippen LogP contribution in [0, 0.1) is 0 Å². The normalized spacial score (nSPS) is 12.0. The first-order valence-electron chi connectivity index (χ1n) is 9.81. The Kier molecular flexibility index (Phi) is 7.24. The third-order valence-electron chi connectivity index (χ3n) is 4.34. The van der Waals surface area contributed by atoms with E-state index in [2.05, 4.69) is 32.8 Å². The van der Waals surface area contributed by atoms with Gasteiger partial charge in [0.1, 0.15) is 17.9 Å². The average molecular weight is 414 g/mol. The molecule has 1 unspecified atom stereocenters. The van der Waals surface area contributed by atoms with E-state index >= 15 is 0 Å². The number of fused-ring (bicyclic) bond motifs is 1. The Morgan fingerprint density at radius 3 is 2.69 bits per heavy atom. The van der Waals surface area contributed by atoms with E-state index in [1.165, 1.54) is 0 Å². The number of nitrogens with one attached hydrogen (secondary N) is 3. The molecule has 3 N–H and O–H groups in total. The smallest absolute Gasteiger partial charge is 0.319 e. The molecule has 1 atom stereocenters. The summed E-state index contributed by atoms with van der Waals surface area (Å²) in [6.07, 6.45) is 3.32. The van der Waals surface area contributed by atoms with E-state index in [9.17, 15) is 4.79 Å². The molecule has 0 fully saturated rings. The SMILES string of the molecule is CCC(CCNc1ncnc2ccsc12)NC(=O)Nc1ccc(OC(C)C)cc1. The number of anilines is 2. The second-order valence-corrected chi connectivity index (χ2v) is 7.88. The van der Waals surface area contributed by atoms with Gasteiger partial charge in [-0.05, 0) is 62.4 Å². The first kappa shape index (κ1) is 20.9. The van der Waals surface area contributed by atoms with Gasteiger partial charge in [0.25, 0.3) is 0 Å². The minimum atomic E-state index is -0.211.